The van der Waals surface area contributed by atoms with Gasteiger partial charge in [-0.15, -0.1) is 0 Å². The lowest BCUT2D eigenvalue weighted by molar-refractivity contribution is 0.137. The SMILES string of the molecule is CC(C)NCCOCCc1ccc2c(c1)CC(C)(C)O2. The van der Waals surface area contributed by atoms with Crippen LogP contribution in [0.15, 0.2) is 18.2 Å². The summed E-state index contributed by atoms with van der Waals surface area (Å²) in [7, 11) is 0. The van der Waals surface area contributed by atoms with Gasteiger partial charge < -0.3 is 14.8 Å². The van der Waals surface area contributed by atoms with Gasteiger partial charge in [-0.3, -0.25) is 0 Å². The summed E-state index contributed by atoms with van der Waals surface area (Å²) in [6, 6.07) is 7.04. The van der Waals surface area contributed by atoms with Crippen LogP contribution in [0.5, 0.6) is 5.75 Å². The summed E-state index contributed by atoms with van der Waals surface area (Å²) in [6.07, 6.45) is 1.96. The summed E-state index contributed by atoms with van der Waals surface area (Å²) in [5.74, 6) is 1.04. The number of ether oxygens (including phenoxy) is 2. The van der Waals surface area contributed by atoms with Crippen molar-refractivity contribution in [1.29, 1.82) is 0 Å². The smallest absolute Gasteiger partial charge is 0.123 e. The largest absolute Gasteiger partial charge is 0.487 e. The highest BCUT2D eigenvalue weighted by Crippen LogP contribution is 2.35. The second-order valence-electron chi connectivity index (χ2n) is 6.45. The Labute approximate surface area is 122 Å². The van der Waals surface area contributed by atoms with Gasteiger partial charge in [0.15, 0.2) is 0 Å². The minimum absolute atomic E-state index is 0.0556. The van der Waals surface area contributed by atoms with Gasteiger partial charge in [-0.25, -0.2) is 0 Å². The first-order valence-electron chi connectivity index (χ1n) is 7.58. The Morgan fingerprint density at radius 1 is 1.30 bits per heavy atom. The van der Waals surface area contributed by atoms with Crippen molar-refractivity contribution in [1.82, 2.24) is 5.32 Å². The third-order valence-electron chi connectivity index (χ3n) is 3.46. The van der Waals surface area contributed by atoms with E-state index in [0.29, 0.717) is 6.04 Å². The molecule has 1 aromatic rings. The van der Waals surface area contributed by atoms with Crippen LogP contribution in [-0.2, 0) is 17.6 Å². The average molecular weight is 277 g/mol. The monoisotopic (exact) mass is 277 g/mol. The maximum absolute atomic E-state index is 5.89. The first-order valence-corrected chi connectivity index (χ1v) is 7.58. The maximum atomic E-state index is 5.89. The van der Waals surface area contributed by atoms with Gasteiger partial charge in [0, 0.05) is 19.0 Å². The molecule has 0 aliphatic carbocycles. The second kappa shape index (κ2) is 6.59. The highest BCUT2D eigenvalue weighted by atomic mass is 16.5. The van der Waals surface area contributed by atoms with Crippen LogP contribution >= 0.6 is 0 Å². The zero-order valence-corrected chi connectivity index (χ0v) is 13.2. The summed E-state index contributed by atoms with van der Waals surface area (Å²) in [5, 5.41) is 3.35. The number of hydrogen-bond acceptors (Lipinski definition) is 3. The van der Waals surface area contributed by atoms with Gasteiger partial charge in [0.25, 0.3) is 0 Å². The fourth-order valence-electron chi connectivity index (χ4n) is 2.53. The summed E-state index contributed by atoms with van der Waals surface area (Å²) < 4.78 is 11.5. The van der Waals surface area contributed by atoms with Crippen molar-refractivity contribution >= 4 is 0 Å². The summed E-state index contributed by atoms with van der Waals surface area (Å²) >= 11 is 0. The third kappa shape index (κ3) is 4.50. The first-order chi connectivity index (χ1) is 9.46. The number of fused-ring (bicyclic) bond motifs is 1. The van der Waals surface area contributed by atoms with E-state index in [4.69, 9.17) is 9.47 Å². The molecule has 1 heterocycles. The van der Waals surface area contributed by atoms with E-state index in [1.807, 2.05) is 0 Å². The van der Waals surface area contributed by atoms with E-state index >= 15 is 0 Å². The predicted octanol–water partition coefficient (Wildman–Crippen LogP) is 2.96. The molecule has 3 heteroatoms. The van der Waals surface area contributed by atoms with Crippen molar-refractivity contribution in [3.63, 3.8) is 0 Å². The molecule has 1 N–H and O–H groups in total. The zero-order valence-electron chi connectivity index (χ0n) is 13.2. The van der Waals surface area contributed by atoms with Gasteiger partial charge in [-0.05, 0) is 37.5 Å². The van der Waals surface area contributed by atoms with Crippen molar-refractivity contribution < 1.29 is 9.47 Å². The molecule has 112 valence electrons. The molecule has 0 amide bonds. The molecule has 1 aliphatic rings. The molecular formula is C17H27NO2. The highest BCUT2D eigenvalue weighted by molar-refractivity contribution is 5.41. The van der Waals surface area contributed by atoms with Crippen molar-refractivity contribution in [2.24, 2.45) is 0 Å². The fourth-order valence-corrected chi connectivity index (χ4v) is 2.53. The van der Waals surface area contributed by atoms with Gasteiger partial charge in [-0.2, -0.15) is 0 Å². The van der Waals surface area contributed by atoms with Crippen molar-refractivity contribution in [3.05, 3.63) is 29.3 Å². The van der Waals surface area contributed by atoms with Crippen molar-refractivity contribution in [3.8, 4) is 5.75 Å². The molecule has 0 unspecified atom stereocenters. The minimum Gasteiger partial charge on any atom is -0.487 e. The van der Waals surface area contributed by atoms with E-state index in [1.54, 1.807) is 0 Å². The van der Waals surface area contributed by atoms with Crippen LogP contribution in [0.3, 0.4) is 0 Å². The van der Waals surface area contributed by atoms with Crippen molar-refractivity contribution in [2.45, 2.75) is 52.2 Å². The molecule has 0 spiro atoms. The summed E-state index contributed by atoms with van der Waals surface area (Å²) in [5.41, 5.74) is 2.61. The standard InChI is InChI=1S/C17H27NO2/c1-13(2)18-8-10-19-9-7-14-5-6-16-15(11-14)12-17(3,4)20-16/h5-6,11,13,18H,7-10,12H2,1-4H3. The van der Waals surface area contributed by atoms with Gasteiger partial charge in [0.1, 0.15) is 11.4 Å². The Bertz CT molecular complexity index is 441. The van der Waals surface area contributed by atoms with Gasteiger partial charge in [0.05, 0.1) is 13.2 Å². The highest BCUT2D eigenvalue weighted by Gasteiger charge is 2.29. The van der Waals surface area contributed by atoms with Crippen LogP contribution < -0.4 is 10.1 Å². The first kappa shape index (κ1) is 15.3. The number of benzene rings is 1. The average Bonchev–Trinajstić information content (AvgIpc) is 2.66. The maximum Gasteiger partial charge on any atom is 0.123 e. The molecular weight excluding hydrogens is 250 g/mol. The van der Waals surface area contributed by atoms with E-state index < -0.39 is 0 Å². The topological polar surface area (TPSA) is 30.5 Å². The van der Waals surface area contributed by atoms with E-state index in [2.05, 4.69) is 51.2 Å². The molecule has 1 aromatic carbocycles. The van der Waals surface area contributed by atoms with E-state index in [9.17, 15) is 0 Å². The second-order valence-corrected chi connectivity index (χ2v) is 6.45. The molecule has 0 bridgehead atoms. The molecule has 3 nitrogen and oxygen atoms in total. The lowest BCUT2D eigenvalue weighted by atomic mass is 9.99. The molecule has 0 aromatic heterocycles. The normalized spacial score (nSPS) is 16.2. The molecule has 1 aliphatic heterocycles. The molecule has 0 radical (unpaired) electrons. The van der Waals surface area contributed by atoms with E-state index in [-0.39, 0.29) is 5.60 Å². The predicted molar refractivity (Wildman–Crippen MR) is 82.5 cm³/mol. The molecule has 0 saturated carbocycles. The van der Waals surface area contributed by atoms with Crippen LogP contribution in [0.2, 0.25) is 0 Å². The zero-order chi connectivity index (χ0) is 14.6. The molecule has 2 rings (SSSR count). The van der Waals surface area contributed by atoms with Crippen LogP contribution in [0, 0.1) is 0 Å². The van der Waals surface area contributed by atoms with E-state index in [1.165, 1.54) is 11.1 Å². The Morgan fingerprint density at radius 2 is 2.10 bits per heavy atom. The van der Waals surface area contributed by atoms with Crippen molar-refractivity contribution in [2.75, 3.05) is 19.8 Å². The Balaban J connectivity index is 1.73. The van der Waals surface area contributed by atoms with E-state index in [0.717, 1.165) is 38.3 Å². The quantitative estimate of drug-likeness (QED) is 0.777. The Morgan fingerprint density at radius 3 is 2.85 bits per heavy atom. The summed E-state index contributed by atoms with van der Waals surface area (Å²) in [4.78, 5) is 0. The van der Waals surface area contributed by atoms with Crippen LogP contribution in [0.25, 0.3) is 0 Å². The number of hydrogen-bond donors (Lipinski definition) is 1. The molecule has 0 fully saturated rings. The van der Waals surface area contributed by atoms with Crippen LogP contribution in [0.1, 0.15) is 38.8 Å². The number of nitrogens with one attached hydrogen (secondary N) is 1. The molecule has 0 atom stereocenters. The molecule has 0 saturated heterocycles. The third-order valence-corrected chi connectivity index (χ3v) is 3.46. The lowest BCUT2D eigenvalue weighted by Gasteiger charge is -2.16. The van der Waals surface area contributed by atoms with Gasteiger partial charge in [-0.1, -0.05) is 26.0 Å². The van der Waals surface area contributed by atoms with Gasteiger partial charge >= 0.3 is 0 Å². The summed E-state index contributed by atoms with van der Waals surface area (Å²) in [6.45, 7) is 11.0. The minimum atomic E-state index is -0.0556. The number of rotatable bonds is 7. The lowest BCUT2D eigenvalue weighted by Crippen LogP contribution is -2.26. The fraction of sp³-hybridized carbons (Fsp3) is 0.647. The van der Waals surface area contributed by atoms with Crippen LogP contribution in [0.4, 0.5) is 0 Å². The molecule has 20 heavy (non-hydrogen) atoms. The Kier molecular flexibility index (Phi) is 5.06. The van der Waals surface area contributed by atoms with Gasteiger partial charge in [0.2, 0.25) is 0 Å². The Hall–Kier alpha value is -1.06. The van der Waals surface area contributed by atoms with Crippen LogP contribution in [-0.4, -0.2) is 31.4 Å².